The minimum Gasteiger partial charge on any atom is -0.492 e. The number of hydrogen-bond donors (Lipinski definition) is 3. The number of anilines is 1. The normalized spacial score (nSPS) is 10.6. The molecule has 27 heavy (non-hydrogen) atoms. The van der Waals surface area contributed by atoms with Gasteiger partial charge >= 0.3 is 0 Å². The van der Waals surface area contributed by atoms with E-state index < -0.39 is 0 Å². The van der Waals surface area contributed by atoms with Gasteiger partial charge in [0.15, 0.2) is 0 Å². The summed E-state index contributed by atoms with van der Waals surface area (Å²) in [4.78, 5) is 7.77. The van der Waals surface area contributed by atoms with Crippen molar-refractivity contribution >= 4 is 56.9 Å². The van der Waals surface area contributed by atoms with Gasteiger partial charge in [0.25, 0.3) is 0 Å². The van der Waals surface area contributed by atoms with E-state index in [0.717, 1.165) is 52.3 Å². The molecule has 0 aliphatic rings. The highest BCUT2D eigenvalue weighted by molar-refractivity contribution is 9.10. The third-order valence-corrected chi connectivity index (χ3v) is 4.71. The van der Waals surface area contributed by atoms with Crippen LogP contribution in [0.5, 0.6) is 5.75 Å². The first-order valence-electron chi connectivity index (χ1n) is 8.67. The molecule has 0 spiro atoms. The molecule has 0 amide bonds. The van der Waals surface area contributed by atoms with E-state index in [4.69, 9.17) is 16.3 Å². The molecule has 0 bridgehead atoms. The summed E-state index contributed by atoms with van der Waals surface area (Å²) in [7, 11) is 0. The number of nitrogens with one attached hydrogen (secondary N) is 3. The molecule has 3 N–H and O–H groups in total. The SMILES string of the molecule is CCOc1c(Br)cc(Cl)cc1CNCCCNc1nc2ccccc2[nH]1.Cl. The summed E-state index contributed by atoms with van der Waals surface area (Å²) in [6.45, 7) is 5.02. The van der Waals surface area contributed by atoms with E-state index in [2.05, 4.69) is 36.5 Å². The Bertz CT molecular complexity index is 839. The van der Waals surface area contributed by atoms with Crippen molar-refractivity contribution in [2.45, 2.75) is 19.9 Å². The minimum atomic E-state index is 0. The number of rotatable bonds is 9. The number of benzene rings is 2. The molecule has 1 aromatic heterocycles. The summed E-state index contributed by atoms with van der Waals surface area (Å²) >= 11 is 9.67. The van der Waals surface area contributed by atoms with Crippen LogP contribution in [0.2, 0.25) is 5.02 Å². The van der Waals surface area contributed by atoms with E-state index in [1.54, 1.807) is 0 Å². The zero-order chi connectivity index (χ0) is 18.4. The quantitative estimate of drug-likeness (QED) is 0.364. The van der Waals surface area contributed by atoms with Crippen molar-refractivity contribution in [3.8, 4) is 5.75 Å². The van der Waals surface area contributed by atoms with Crippen LogP contribution in [0.4, 0.5) is 5.95 Å². The van der Waals surface area contributed by atoms with Crippen molar-refractivity contribution in [1.29, 1.82) is 0 Å². The van der Waals surface area contributed by atoms with Crippen LogP contribution in [-0.2, 0) is 6.54 Å². The van der Waals surface area contributed by atoms with Crippen molar-refractivity contribution in [2.75, 3.05) is 25.0 Å². The number of para-hydroxylation sites is 2. The number of aromatic amines is 1. The highest BCUT2D eigenvalue weighted by atomic mass is 79.9. The van der Waals surface area contributed by atoms with Crippen molar-refractivity contribution in [3.05, 3.63) is 51.5 Å². The molecular weight excluding hydrogens is 451 g/mol. The standard InChI is InChI=1S/C19H22BrClN4O.ClH/c1-2-26-18-13(10-14(21)11-15(18)20)12-22-8-5-9-23-19-24-16-6-3-4-7-17(16)25-19;/h3-4,6-7,10-11,22H,2,5,8-9,12H2,1H3,(H2,23,24,25);1H. The van der Waals surface area contributed by atoms with Crippen LogP contribution >= 0.6 is 39.9 Å². The third kappa shape index (κ3) is 6.01. The number of imidazole rings is 1. The molecule has 8 heteroatoms. The highest BCUT2D eigenvalue weighted by Gasteiger charge is 2.09. The van der Waals surface area contributed by atoms with E-state index in [1.807, 2.05) is 43.3 Å². The van der Waals surface area contributed by atoms with E-state index in [1.165, 1.54) is 0 Å². The van der Waals surface area contributed by atoms with Crippen LogP contribution in [0, 0.1) is 0 Å². The van der Waals surface area contributed by atoms with Crippen molar-refractivity contribution in [3.63, 3.8) is 0 Å². The Hall–Kier alpha value is -1.47. The molecule has 0 radical (unpaired) electrons. The van der Waals surface area contributed by atoms with Crippen molar-refractivity contribution in [2.24, 2.45) is 0 Å². The zero-order valence-corrected chi connectivity index (χ0v) is 18.2. The predicted molar refractivity (Wildman–Crippen MR) is 118 cm³/mol. The van der Waals surface area contributed by atoms with Gasteiger partial charge in [-0.05, 0) is 60.1 Å². The Labute approximate surface area is 178 Å². The number of ether oxygens (including phenoxy) is 1. The van der Waals surface area contributed by atoms with E-state index in [9.17, 15) is 0 Å². The third-order valence-electron chi connectivity index (χ3n) is 3.90. The lowest BCUT2D eigenvalue weighted by molar-refractivity contribution is 0.333. The maximum atomic E-state index is 6.15. The average Bonchev–Trinajstić information content (AvgIpc) is 3.03. The minimum absolute atomic E-state index is 0. The molecule has 0 unspecified atom stereocenters. The van der Waals surface area contributed by atoms with Crippen LogP contribution < -0.4 is 15.4 Å². The second kappa shape index (κ2) is 10.8. The highest BCUT2D eigenvalue weighted by Crippen LogP contribution is 2.32. The van der Waals surface area contributed by atoms with Gasteiger partial charge in [0.2, 0.25) is 5.95 Å². The lowest BCUT2D eigenvalue weighted by atomic mass is 10.2. The number of halogens is 3. The van der Waals surface area contributed by atoms with Gasteiger partial charge in [0.1, 0.15) is 5.75 Å². The van der Waals surface area contributed by atoms with Gasteiger partial charge in [-0.2, -0.15) is 0 Å². The van der Waals surface area contributed by atoms with Crippen molar-refractivity contribution < 1.29 is 4.74 Å². The Morgan fingerprint density at radius 3 is 2.81 bits per heavy atom. The fourth-order valence-electron chi connectivity index (χ4n) is 2.73. The average molecular weight is 474 g/mol. The smallest absolute Gasteiger partial charge is 0.201 e. The van der Waals surface area contributed by atoms with E-state index in [-0.39, 0.29) is 12.4 Å². The molecule has 0 aliphatic heterocycles. The number of aromatic nitrogens is 2. The zero-order valence-electron chi connectivity index (χ0n) is 15.0. The van der Waals surface area contributed by atoms with Gasteiger partial charge < -0.3 is 20.4 Å². The first-order valence-corrected chi connectivity index (χ1v) is 9.84. The van der Waals surface area contributed by atoms with Gasteiger partial charge in [-0.15, -0.1) is 12.4 Å². The van der Waals surface area contributed by atoms with Crippen LogP contribution in [0.3, 0.4) is 0 Å². The van der Waals surface area contributed by atoms with E-state index in [0.29, 0.717) is 18.2 Å². The molecule has 3 rings (SSSR count). The monoisotopic (exact) mass is 472 g/mol. The van der Waals surface area contributed by atoms with Crippen LogP contribution in [-0.4, -0.2) is 29.7 Å². The fourth-order valence-corrected chi connectivity index (χ4v) is 3.72. The summed E-state index contributed by atoms with van der Waals surface area (Å²) < 4.78 is 6.60. The molecule has 0 aliphatic carbocycles. The Morgan fingerprint density at radius 1 is 1.22 bits per heavy atom. The Kier molecular flexibility index (Phi) is 8.70. The van der Waals surface area contributed by atoms with Gasteiger partial charge in [-0.1, -0.05) is 23.7 Å². The van der Waals surface area contributed by atoms with Crippen molar-refractivity contribution in [1.82, 2.24) is 15.3 Å². The van der Waals surface area contributed by atoms with Gasteiger partial charge in [0.05, 0.1) is 22.1 Å². The molecule has 146 valence electrons. The Morgan fingerprint density at radius 2 is 2.04 bits per heavy atom. The fraction of sp³-hybridized carbons (Fsp3) is 0.316. The predicted octanol–water partition coefficient (Wildman–Crippen LogP) is 5.39. The Balaban J connectivity index is 0.00000261. The first-order chi connectivity index (χ1) is 12.7. The molecule has 0 saturated heterocycles. The van der Waals surface area contributed by atoms with Crippen LogP contribution in [0.15, 0.2) is 40.9 Å². The van der Waals surface area contributed by atoms with E-state index >= 15 is 0 Å². The molecule has 3 aromatic rings. The maximum Gasteiger partial charge on any atom is 0.201 e. The van der Waals surface area contributed by atoms with Gasteiger partial charge in [-0.25, -0.2) is 4.98 Å². The number of H-pyrrole nitrogens is 1. The topological polar surface area (TPSA) is 62.0 Å². The summed E-state index contributed by atoms with van der Waals surface area (Å²) in [5, 5.41) is 7.46. The molecule has 2 aromatic carbocycles. The molecule has 5 nitrogen and oxygen atoms in total. The largest absolute Gasteiger partial charge is 0.492 e. The number of fused-ring (bicyclic) bond motifs is 1. The summed E-state index contributed by atoms with van der Waals surface area (Å²) in [6, 6.07) is 11.8. The van der Waals surface area contributed by atoms with Crippen LogP contribution in [0.25, 0.3) is 11.0 Å². The molecule has 0 fully saturated rings. The number of nitrogens with zero attached hydrogens (tertiary/aromatic N) is 1. The van der Waals surface area contributed by atoms with Crippen LogP contribution in [0.1, 0.15) is 18.9 Å². The first kappa shape index (κ1) is 21.8. The number of hydrogen-bond acceptors (Lipinski definition) is 4. The molecule has 1 heterocycles. The lowest BCUT2D eigenvalue weighted by Crippen LogP contribution is -2.18. The summed E-state index contributed by atoms with van der Waals surface area (Å²) in [6.07, 6.45) is 0.975. The molecular formula is C19H23BrCl2N4O. The molecule has 0 atom stereocenters. The van der Waals surface area contributed by atoms with Gasteiger partial charge in [0, 0.05) is 23.7 Å². The maximum absolute atomic E-state index is 6.15. The second-order valence-electron chi connectivity index (χ2n) is 5.87. The second-order valence-corrected chi connectivity index (χ2v) is 7.16. The lowest BCUT2D eigenvalue weighted by Gasteiger charge is -2.13. The summed E-state index contributed by atoms with van der Waals surface area (Å²) in [5.74, 6) is 1.66. The summed E-state index contributed by atoms with van der Waals surface area (Å²) in [5.41, 5.74) is 3.07. The molecule has 0 saturated carbocycles. The van der Waals surface area contributed by atoms with Gasteiger partial charge in [-0.3, -0.25) is 0 Å².